The molecule has 2 aromatic heterocycles. The summed E-state index contributed by atoms with van der Waals surface area (Å²) in [6.07, 6.45) is 3.74. The molecule has 1 aliphatic rings. The quantitative estimate of drug-likeness (QED) is 0.156. The van der Waals surface area contributed by atoms with Gasteiger partial charge < -0.3 is 5.11 Å². The van der Waals surface area contributed by atoms with Crippen LogP contribution in [0.2, 0.25) is 0 Å². The average molecular weight is 663 g/mol. The predicted octanol–water partition coefficient (Wildman–Crippen LogP) is 7.03. The highest BCUT2D eigenvalue weighted by Crippen LogP contribution is 2.39. The lowest BCUT2D eigenvalue weighted by Crippen LogP contribution is -2.14. The molecule has 1 aliphatic carbocycles. The van der Waals surface area contributed by atoms with Crippen LogP contribution < -0.4 is 5.14 Å². The van der Waals surface area contributed by atoms with Crippen molar-refractivity contribution in [2.24, 2.45) is 17.0 Å². The van der Waals surface area contributed by atoms with E-state index >= 15 is 4.39 Å². The van der Waals surface area contributed by atoms with Crippen molar-refractivity contribution in [2.45, 2.75) is 50.8 Å². The molecule has 0 radical (unpaired) electrons. The number of aromatic nitrogens is 3. The molecule has 0 bridgehead atoms. The lowest BCUT2D eigenvalue weighted by molar-refractivity contribution is 0.0691. The number of carboxylic acids is 1. The van der Waals surface area contributed by atoms with Gasteiger partial charge in [0.05, 0.1) is 11.4 Å². The van der Waals surface area contributed by atoms with Gasteiger partial charge in [-0.05, 0) is 84.5 Å². The van der Waals surface area contributed by atoms with E-state index in [0.29, 0.717) is 51.3 Å². The van der Waals surface area contributed by atoms with Gasteiger partial charge in [0.1, 0.15) is 16.5 Å². The fourth-order valence-electron chi connectivity index (χ4n) is 5.60. The zero-order valence-electron chi connectivity index (χ0n) is 25.2. The summed E-state index contributed by atoms with van der Waals surface area (Å²) >= 11 is 1.14. The topological polar surface area (TPSA) is 128 Å². The molecule has 1 fully saturated rings. The van der Waals surface area contributed by atoms with Crippen LogP contribution in [0, 0.1) is 23.5 Å². The third-order valence-electron chi connectivity index (χ3n) is 7.99. The monoisotopic (exact) mass is 662 g/mol. The van der Waals surface area contributed by atoms with Gasteiger partial charge in [-0.3, -0.25) is 0 Å². The van der Waals surface area contributed by atoms with Gasteiger partial charge in [-0.25, -0.2) is 36.8 Å². The minimum Gasteiger partial charge on any atom is -0.476 e. The Balaban J connectivity index is 1.50. The van der Waals surface area contributed by atoms with Gasteiger partial charge in [0.2, 0.25) is 15.2 Å². The number of halogens is 2. The molecule has 1 saturated carbocycles. The number of aromatic carboxylic acids is 1. The number of hydrogen-bond acceptors (Lipinski definition) is 6. The molecule has 5 aromatic rings. The van der Waals surface area contributed by atoms with Gasteiger partial charge in [0.25, 0.3) is 0 Å². The number of hydrogen-bond donors (Lipinski definition) is 2. The van der Waals surface area contributed by atoms with Crippen LogP contribution >= 0.6 is 11.3 Å². The zero-order chi connectivity index (χ0) is 32.7. The maximum atomic E-state index is 15.3. The lowest BCUT2D eigenvalue weighted by atomic mass is 9.94. The van der Waals surface area contributed by atoms with Gasteiger partial charge in [-0.2, -0.15) is 5.10 Å². The molecular weight excluding hydrogens is 631 g/mol. The van der Waals surface area contributed by atoms with Crippen LogP contribution in [0.25, 0.3) is 27.5 Å². The van der Waals surface area contributed by atoms with Crippen molar-refractivity contribution in [2.75, 3.05) is 0 Å². The Morgan fingerprint density at radius 3 is 2.33 bits per heavy atom. The molecule has 0 saturated heterocycles. The second-order valence-corrected chi connectivity index (χ2v) is 14.5. The number of nitrogens with two attached hydrogens (primary N) is 1. The molecule has 0 atom stereocenters. The van der Waals surface area contributed by atoms with Crippen LogP contribution in [-0.2, 0) is 29.3 Å². The molecule has 0 amide bonds. The van der Waals surface area contributed by atoms with E-state index in [1.165, 1.54) is 17.5 Å². The molecule has 12 heteroatoms. The average Bonchev–Trinajstić information content (AvgIpc) is 3.55. The Morgan fingerprint density at radius 2 is 1.72 bits per heavy atom. The first kappa shape index (κ1) is 31.7. The molecule has 0 spiro atoms. The van der Waals surface area contributed by atoms with Crippen molar-refractivity contribution < 1.29 is 27.1 Å². The minimum atomic E-state index is -4.25. The predicted molar refractivity (Wildman–Crippen MR) is 173 cm³/mol. The number of rotatable bonds is 11. The number of thiazole rings is 1. The second kappa shape index (κ2) is 12.5. The van der Waals surface area contributed by atoms with Crippen molar-refractivity contribution in [3.05, 3.63) is 106 Å². The Morgan fingerprint density at radius 1 is 1.02 bits per heavy atom. The normalized spacial score (nSPS) is 13.4. The van der Waals surface area contributed by atoms with Crippen LogP contribution in [0.15, 0.2) is 70.9 Å². The lowest BCUT2D eigenvalue weighted by Gasteiger charge is -2.11. The van der Waals surface area contributed by atoms with Crippen LogP contribution in [0.1, 0.15) is 59.6 Å². The summed E-state index contributed by atoms with van der Waals surface area (Å²) < 4.78 is 55.6. The largest absolute Gasteiger partial charge is 0.476 e. The van der Waals surface area contributed by atoms with E-state index in [0.717, 1.165) is 59.6 Å². The Bertz CT molecular complexity index is 2050. The summed E-state index contributed by atoms with van der Waals surface area (Å²) in [5.74, 6) is -1.65. The van der Waals surface area contributed by atoms with E-state index in [1.807, 2.05) is 24.3 Å². The summed E-state index contributed by atoms with van der Waals surface area (Å²) in [7, 11) is -4.25. The number of carboxylic acid groups (broad SMARTS) is 1. The third kappa shape index (κ3) is 6.79. The smallest absolute Gasteiger partial charge is 0.355 e. The Labute approximate surface area is 269 Å². The first-order chi connectivity index (χ1) is 21.9. The van der Waals surface area contributed by atoms with Gasteiger partial charge >= 0.3 is 5.97 Å². The highest BCUT2D eigenvalue weighted by atomic mass is 32.2. The SMILES string of the molecule is CC(C)Cc1ccc(-c2cc(-c3nn(-c4nc(C(=O)O)cs4)c(CC4CC4)c3Cc3ccc(S(N)(=O)=O)c(F)c3)ccc2F)cc1. The van der Waals surface area contributed by atoms with Crippen molar-refractivity contribution in [3.63, 3.8) is 0 Å². The van der Waals surface area contributed by atoms with E-state index in [4.69, 9.17) is 10.2 Å². The van der Waals surface area contributed by atoms with Crippen LogP contribution in [0.4, 0.5) is 8.78 Å². The van der Waals surface area contributed by atoms with E-state index in [-0.39, 0.29) is 12.1 Å². The van der Waals surface area contributed by atoms with Crippen molar-refractivity contribution in [1.29, 1.82) is 0 Å². The summed E-state index contributed by atoms with van der Waals surface area (Å²) in [5, 5.41) is 21.4. The molecule has 6 rings (SSSR count). The zero-order valence-corrected chi connectivity index (χ0v) is 26.8. The molecule has 3 N–H and O–H groups in total. The number of nitrogens with zero attached hydrogens (tertiary/aromatic N) is 3. The Kier molecular flexibility index (Phi) is 8.62. The maximum absolute atomic E-state index is 15.3. The number of primary sulfonamides is 1. The highest BCUT2D eigenvalue weighted by molar-refractivity contribution is 7.89. The fourth-order valence-corrected chi connectivity index (χ4v) is 6.96. The van der Waals surface area contributed by atoms with Crippen molar-refractivity contribution in [1.82, 2.24) is 14.8 Å². The van der Waals surface area contributed by atoms with E-state index in [2.05, 4.69) is 18.8 Å². The van der Waals surface area contributed by atoms with Crippen molar-refractivity contribution in [3.8, 4) is 27.5 Å². The summed E-state index contributed by atoms with van der Waals surface area (Å²) in [6.45, 7) is 4.28. The summed E-state index contributed by atoms with van der Waals surface area (Å²) in [5.41, 5.74) is 5.27. The number of sulfonamides is 1. The molecule has 2 heterocycles. The highest BCUT2D eigenvalue weighted by Gasteiger charge is 2.30. The summed E-state index contributed by atoms with van der Waals surface area (Å²) in [6, 6.07) is 16.3. The van der Waals surface area contributed by atoms with E-state index in [9.17, 15) is 22.7 Å². The van der Waals surface area contributed by atoms with E-state index < -0.39 is 32.5 Å². The molecule has 8 nitrogen and oxygen atoms in total. The molecule has 46 heavy (non-hydrogen) atoms. The van der Waals surface area contributed by atoms with Crippen LogP contribution in [-0.4, -0.2) is 34.3 Å². The minimum absolute atomic E-state index is 0.110. The van der Waals surface area contributed by atoms with Crippen molar-refractivity contribution >= 4 is 27.3 Å². The first-order valence-corrected chi connectivity index (χ1v) is 17.3. The van der Waals surface area contributed by atoms with Gasteiger partial charge in [-0.1, -0.05) is 44.2 Å². The standard InChI is InChI=1S/C34H32F2N4O4S2/c1-19(2)13-20-5-8-23(9-6-20)25-17-24(10-11-27(25)35)32-26(14-22-7-12-31(28(36)15-22)46(37,43)44)30(16-21-3-4-21)40(39-32)34-38-29(18-45-34)33(41)42/h5-12,15,17-19,21H,3-4,13-14,16H2,1-2H3,(H,41,42)(H2,37,43,44). The van der Waals surface area contributed by atoms with Crippen LogP contribution in [0.5, 0.6) is 0 Å². The maximum Gasteiger partial charge on any atom is 0.355 e. The molecule has 0 aliphatic heterocycles. The Hall–Kier alpha value is -4.26. The van der Waals surface area contributed by atoms with Crippen LogP contribution in [0.3, 0.4) is 0 Å². The summed E-state index contributed by atoms with van der Waals surface area (Å²) in [4.78, 5) is 15.4. The first-order valence-electron chi connectivity index (χ1n) is 14.9. The van der Waals surface area contributed by atoms with E-state index in [1.54, 1.807) is 16.8 Å². The molecule has 238 valence electrons. The molecule has 3 aromatic carbocycles. The second-order valence-electron chi connectivity index (χ2n) is 12.1. The van der Waals surface area contributed by atoms with Gasteiger partial charge in [0.15, 0.2) is 5.69 Å². The van der Waals surface area contributed by atoms with Gasteiger partial charge in [-0.15, -0.1) is 11.3 Å². The number of carbonyl (C=O) groups is 1. The molecular formula is C34H32F2N4O4S2. The fraction of sp³-hybridized carbons (Fsp3) is 0.265. The third-order valence-corrected chi connectivity index (χ3v) is 9.75. The van der Waals surface area contributed by atoms with Gasteiger partial charge in [0, 0.05) is 28.5 Å². The number of benzene rings is 3. The molecule has 0 unspecified atom stereocenters.